The van der Waals surface area contributed by atoms with Crippen molar-refractivity contribution in [3.8, 4) is 5.75 Å². The molecule has 0 radical (unpaired) electrons. The zero-order valence-corrected chi connectivity index (χ0v) is 12.5. The quantitative estimate of drug-likeness (QED) is 0.805. The Bertz CT molecular complexity index is 430. The molecular formula is C15H22F3NO2. The van der Waals surface area contributed by atoms with Crippen molar-refractivity contribution >= 4 is 0 Å². The maximum Gasteiger partial charge on any atom is 0.573 e. The molecule has 0 bridgehead atoms. The van der Waals surface area contributed by atoms with Gasteiger partial charge in [-0.1, -0.05) is 25.5 Å². The number of hydrogen-bond acceptors (Lipinski definition) is 3. The summed E-state index contributed by atoms with van der Waals surface area (Å²) < 4.78 is 40.0. The fraction of sp³-hybridized carbons (Fsp3) is 0.600. The minimum atomic E-state index is -4.68. The van der Waals surface area contributed by atoms with Crippen molar-refractivity contribution in [2.24, 2.45) is 0 Å². The van der Waals surface area contributed by atoms with Gasteiger partial charge in [0.25, 0.3) is 0 Å². The van der Waals surface area contributed by atoms with E-state index >= 15 is 0 Å². The molecule has 0 amide bonds. The van der Waals surface area contributed by atoms with Gasteiger partial charge in [-0.25, -0.2) is 0 Å². The van der Waals surface area contributed by atoms with Crippen LogP contribution >= 0.6 is 0 Å². The number of alkyl halides is 3. The van der Waals surface area contributed by atoms with Crippen molar-refractivity contribution < 1.29 is 23.0 Å². The van der Waals surface area contributed by atoms with Crippen LogP contribution in [0.5, 0.6) is 5.75 Å². The molecule has 2 unspecified atom stereocenters. The van der Waals surface area contributed by atoms with E-state index in [0.717, 1.165) is 12.0 Å². The summed E-state index contributed by atoms with van der Waals surface area (Å²) in [5.41, 5.74) is 0.0411. The predicted molar refractivity (Wildman–Crippen MR) is 75.1 cm³/mol. The van der Waals surface area contributed by atoms with Crippen LogP contribution in [0.15, 0.2) is 24.3 Å². The Labute approximate surface area is 123 Å². The monoisotopic (exact) mass is 305 g/mol. The fourth-order valence-corrected chi connectivity index (χ4v) is 2.08. The molecule has 6 heteroatoms. The lowest BCUT2D eigenvalue weighted by Crippen LogP contribution is -2.38. The lowest BCUT2D eigenvalue weighted by Gasteiger charge is -2.25. The highest BCUT2D eigenvalue weighted by Gasteiger charge is 2.31. The lowest BCUT2D eigenvalue weighted by atomic mass is 9.99. The summed E-state index contributed by atoms with van der Waals surface area (Å²) in [6.07, 6.45) is -3.11. The van der Waals surface area contributed by atoms with Gasteiger partial charge in [-0.05, 0) is 38.0 Å². The highest BCUT2D eigenvalue weighted by atomic mass is 19.4. The van der Waals surface area contributed by atoms with Crippen LogP contribution in [-0.4, -0.2) is 23.6 Å². The van der Waals surface area contributed by atoms with Gasteiger partial charge in [0.05, 0.1) is 5.60 Å². The standard InChI is InChI=1S/C15H22F3NO2/c1-4-9-14(3,20)10-19-11(2)12-5-7-13(8-6-12)21-15(16,17)18/h5-8,11,19-20H,4,9-10H2,1-3H3. The molecule has 2 N–H and O–H groups in total. The van der Waals surface area contributed by atoms with Crippen molar-refractivity contribution in [3.63, 3.8) is 0 Å². The van der Waals surface area contributed by atoms with Gasteiger partial charge in [0.2, 0.25) is 0 Å². The summed E-state index contributed by atoms with van der Waals surface area (Å²) >= 11 is 0. The Kier molecular flexibility index (Phi) is 6.04. The first-order valence-electron chi connectivity index (χ1n) is 6.94. The Hall–Kier alpha value is -1.27. The largest absolute Gasteiger partial charge is 0.573 e. The molecule has 1 aromatic rings. The number of benzene rings is 1. The van der Waals surface area contributed by atoms with Gasteiger partial charge < -0.3 is 15.2 Å². The van der Waals surface area contributed by atoms with E-state index in [9.17, 15) is 18.3 Å². The second-order valence-electron chi connectivity index (χ2n) is 5.47. The number of aliphatic hydroxyl groups is 1. The molecule has 1 rings (SSSR count). The summed E-state index contributed by atoms with van der Waals surface area (Å²) in [4.78, 5) is 0. The zero-order chi connectivity index (χ0) is 16.1. The molecule has 0 spiro atoms. The third-order valence-electron chi connectivity index (χ3n) is 3.19. The molecule has 0 heterocycles. The van der Waals surface area contributed by atoms with Crippen LogP contribution in [0.4, 0.5) is 13.2 Å². The minimum Gasteiger partial charge on any atom is -0.406 e. The van der Waals surface area contributed by atoms with Crippen LogP contribution in [0.25, 0.3) is 0 Å². The van der Waals surface area contributed by atoms with E-state index in [1.807, 2.05) is 13.8 Å². The molecule has 0 aliphatic carbocycles. The van der Waals surface area contributed by atoms with E-state index in [0.29, 0.717) is 13.0 Å². The summed E-state index contributed by atoms with van der Waals surface area (Å²) in [7, 11) is 0. The number of halogens is 3. The molecule has 21 heavy (non-hydrogen) atoms. The van der Waals surface area contributed by atoms with E-state index in [4.69, 9.17) is 0 Å². The van der Waals surface area contributed by atoms with Gasteiger partial charge >= 0.3 is 6.36 Å². The second-order valence-corrected chi connectivity index (χ2v) is 5.47. The van der Waals surface area contributed by atoms with Crippen molar-refractivity contribution in [3.05, 3.63) is 29.8 Å². The third kappa shape index (κ3) is 6.82. The molecule has 0 aromatic heterocycles. The SMILES string of the molecule is CCCC(C)(O)CNC(C)c1ccc(OC(F)(F)F)cc1. The average Bonchev–Trinajstić information content (AvgIpc) is 2.35. The van der Waals surface area contributed by atoms with Gasteiger partial charge in [-0.15, -0.1) is 13.2 Å². The Morgan fingerprint density at radius 2 is 1.81 bits per heavy atom. The Balaban J connectivity index is 2.57. The topological polar surface area (TPSA) is 41.5 Å². The van der Waals surface area contributed by atoms with Crippen LogP contribution in [0.1, 0.15) is 45.2 Å². The van der Waals surface area contributed by atoms with Crippen LogP contribution in [0, 0.1) is 0 Å². The molecule has 1 aromatic carbocycles. The normalized spacial score (nSPS) is 16.3. The van der Waals surface area contributed by atoms with Crippen LogP contribution in [-0.2, 0) is 0 Å². The first-order chi connectivity index (χ1) is 9.63. The first-order valence-corrected chi connectivity index (χ1v) is 6.94. The van der Waals surface area contributed by atoms with E-state index < -0.39 is 12.0 Å². The number of rotatable bonds is 7. The number of nitrogens with one attached hydrogen (secondary N) is 1. The Morgan fingerprint density at radius 1 is 1.24 bits per heavy atom. The van der Waals surface area contributed by atoms with Crippen LogP contribution in [0.2, 0.25) is 0 Å². The predicted octanol–water partition coefficient (Wildman–Crippen LogP) is 3.79. The molecule has 0 saturated carbocycles. The molecule has 0 saturated heterocycles. The molecule has 120 valence electrons. The van der Waals surface area contributed by atoms with E-state index in [-0.39, 0.29) is 11.8 Å². The second kappa shape index (κ2) is 7.13. The molecule has 3 nitrogen and oxygen atoms in total. The summed E-state index contributed by atoms with van der Waals surface area (Å²) in [5.74, 6) is -0.239. The minimum absolute atomic E-state index is 0.0757. The first kappa shape index (κ1) is 17.8. The van der Waals surface area contributed by atoms with E-state index in [1.165, 1.54) is 12.1 Å². The van der Waals surface area contributed by atoms with Crippen molar-refractivity contribution in [2.75, 3.05) is 6.54 Å². The van der Waals surface area contributed by atoms with Crippen molar-refractivity contribution in [1.82, 2.24) is 5.32 Å². The molecular weight excluding hydrogens is 283 g/mol. The maximum absolute atomic E-state index is 12.1. The summed E-state index contributed by atoms with van der Waals surface area (Å²) in [5, 5.41) is 13.3. The number of ether oxygens (including phenoxy) is 1. The maximum atomic E-state index is 12.1. The fourth-order valence-electron chi connectivity index (χ4n) is 2.08. The third-order valence-corrected chi connectivity index (χ3v) is 3.19. The summed E-state index contributed by atoms with van der Waals surface area (Å²) in [6.45, 7) is 6.07. The van der Waals surface area contributed by atoms with Crippen LogP contribution in [0.3, 0.4) is 0 Å². The smallest absolute Gasteiger partial charge is 0.406 e. The lowest BCUT2D eigenvalue weighted by molar-refractivity contribution is -0.274. The molecule has 2 atom stereocenters. The zero-order valence-electron chi connectivity index (χ0n) is 12.5. The van der Waals surface area contributed by atoms with Gasteiger partial charge in [0.15, 0.2) is 0 Å². The van der Waals surface area contributed by atoms with E-state index in [1.54, 1.807) is 19.1 Å². The van der Waals surface area contributed by atoms with E-state index in [2.05, 4.69) is 10.1 Å². The van der Waals surface area contributed by atoms with Crippen molar-refractivity contribution in [2.45, 2.75) is 51.6 Å². The van der Waals surface area contributed by atoms with Crippen LogP contribution < -0.4 is 10.1 Å². The summed E-state index contributed by atoms with van der Waals surface area (Å²) in [6, 6.07) is 5.64. The van der Waals surface area contributed by atoms with Crippen molar-refractivity contribution in [1.29, 1.82) is 0 Å². The highest BCUT2D eigenvalue weighted by molar-refractivity contribution is 5.29. The highest BCUT2D eigenvalue weighted by Crippen LogP contribution is 2.24. The van der Waals surface area contributed by atoms with Gasteiger partial charge in [-0.3, -0.25) is 0 Å². The van der Waals surface area contributed by atoms with Gasteiger partial charge in [0.1, 0.15) is 5.75 Å². The molecule has 0 fully saturated rings. The Morgan fingerprint density at radius 3 is 2.29 bits per heavy atom. The van der Waals surface area contributed by atoms with Gasteiger partial charge in [0, 0.05) is 12.6 Å². The average molecular weight is 305 g/mol. The molecule has 0 aliphatic heterocycles. The van der Waals surface area contributed by atoms with Gasteiger partial charge in [-0.2, -0.15) is 0 Å². The number of hydrogen-bond donors (Lipinski definition) is 2. The molecule has 0 aliphatic rings.